The van der Waals surface area contributed by atoms with Crippen LogP contribution in [0.15, 0.2) is 71.7 Å². The third kappa shape index (κ3) is 6.29. The number of H-pyrrole nitrogens is 1. The van der Waals surface area contributed by atoms with E-state index >= 15 is 0 Å². The van der Waals surface area contributed by atoms with Crippen LogP contribution in [0.25, 0.3) is 10.9 Å². The Morgan fingerprint density at radius 2 is 1.83 bits per heavy atom. The molecule has 0 aliphatic carbocycles. The Balaban J connectivity index is 1.16. The summed E-state index contributed by atoms with van der Waals surface area (Å²) in [7, 11) is 0. The maximum absolute atomic E-state index is 12.7. The number of fused-ring (bicyclic) bond motifs is 1. The summed E-state index contributed by atoms with van der Waals surface area (Å²) < 4.78 is 5.77. The molecule has 2 aromatic carbocycles. The average molecular weight is 504 g/mol. The molecule has 3 heterocycles. The van der Waals surface area contributed by atoms with Crippen LogP contribution in [-0.4, -0.2) is 39.5 Å². The van der Waals surface area contributed by atoms with Crippen LogP contribution in [-0.2, 0) is 19.7 Å². The second-order valence-electron chi connectivity index (χ2n) is 9.25. The third-order valence-electron chi connectivity index (χ3n) is 6.62. The molecule has 5 rings (SSSR count). The highest BCUT2D eigenvalue weighted by atomic mass is 35.5. The van der Waals surface area contributed by atoms with Crippen molar-refractivity contribution in [2.75, 3.05) is 19.6 Å². The molecule has 1 fully saturated rings. The van der Waals surface area contributed by atoms with Crippen molar-refractivity contribution >= 4 is 22.5 Å². The molecule has 2 aromatic heterocycles. The number of benzene rings is 2. The number of hydrogen-bond acceptors (Lipinski definition) is 6. The van der Waals surface area contributed by atoms with Crippen LogP contribution < -0.4 is 15.6 Å². The van der Waals surface area contributed by atoms with Crippen LogP contribution in [0.1, 0.15) is 29.9 Å². The number of rotatable bonds is 9. The topological polar surface area (TPSA) is 83.1 Å². The molecule has 186 valence electrons. The summed E-state index contributed by atoms with van der Waals surface area (Å²) in [5.74, 6) is 1.75. The predicted molar refractivity (Wildman–Crippen MR) is 142 cm³/mol. The van der Waals surface area contributed by atoms with Gasteiger partial charge in [0.1, 0.15) is 23.7 Å². The van der Waals surface area contributed by atoms with E-state index in [-0.39, 0.29) is 12.2 Å². The summed E-state index contributed by atoms with van der Waals surface area (Å²) in [5.41, 5.74) is 2.56. The minimum Gasteiger partial charge on any atom is -0.486 e. The van der Waals surface area contributed by atoms with E-state index in [4.69, 9.17) is 16.3 Å². The number of piperidine rings is 1. The Hall–Kier alpha value is -3.26. The molecular formula is C28H30ClN5O2. The van der Waals surface area contributed by atoms with Gasteiger partial charge in [0.2, 0.25) is 0 Å². The highest BCUT2D eigenvalue weighted by Gasteiger charge is 2.19. The molecule has 0 bridgehead atoms. The normalized spacial score (nSPS) is 14.8. The Bertz CT molecular complexity index is 1340. The first-order valence-electron chi connectivity index (χ1n) is 12.4. The number of pyridine rings is 1. The van der Waals surface area contributed by atoms with Gasteiger partial charge in [-0.1, -0.05) is 41.9 Å². The number of nitrogens with zero attached hydrogens (tertiary/aromatic N) is 3. The highest BCUT2D eigenvalue weighted by Crippen LogP contribution is 2.20. The van der Waals surface area contributed by atoms with Crippen LogP contribution >= 0.6 is 11.6 Å². The van der Waals surface area contributed by atoms with Gasteiger partial charge in [-0.3, -0.25) is 14.7 Å². The average Bonchev–Trinajstić information content (AvgIpc) is 2.90. The second-order valence-corrected chi connectivity index (χ2v) is 9.68. The lowest BCUT2D eigenvalue weighted by Gasteiger charge is -2.32. The molecule has 0 atom stereocenters. The molecular weight excluding hydrogens is 474 g/mol. The van der Waals surface area contributed by atoms with Gasteiger partial charge < -0.3 is 15.0 Å². The zero-order valence-corrected chi connectivity index (χ0v) is 20.9. The number of halogens is 1. The van der Waals surface area contributed by atoms with Gasteiger partial charge in [-0.2, -0.15) is 0 Å². The van der Waals surface area contributed by atoms with E-state index in [1.807, 2.05) is 0 Å². The minimum absolute atomic E-state index is 0.149. The molecule has 7 nitrogen and oxygen atoms in total. The van der Waals surface area contributed by atoms with E-state index < -0.39 is 0 Å². The Morgan fingerprint density at radius 1 is 1.06 bits per heavy atom. The van der Waals surface area contributed by atoms with Crippen molar-refractivity contribution in [1.82, 2.24) is 25.2 Å². The van der Waals surface area contributed by atoms with Crippen LogP contribution in [0.4, 0.5) is 0 Å². The fourth-order valence-electron chi connectivity index (χ4n) is 4.63. The molecule has 0 amide bonds. The first-order valence-corrected chi connectivity index (χ1v) is 12.7. The number of hydrogen-bond donors (Lipinski definition) is 2. The van der Waals surface area contributed by atoms with Gasteiger partial charge in [0.25, 0.3) is 5.56 Å². The van der Waals surface area contributed by atoms with Gasteiger partial charge in [-0.05, 0) is 74.3 Å². The molecule has 1 aliphatic rings. The molecule has 0 spiro atoms. The molecule has 8 heteroatoms. The van der Waals surface area contributed by atoms with E-state index in [1.54, 1.807) is 36.5 Å². The van der Waals surface area contributed by atoms with Crippen molar-refractivity contribution in [2.45, 2.75) is 32.5 Å². The van der Waals surface area contributed by atoms with E-state index in [9.17, 15) is 4.79 Å². The number of aromatic nitrogens is 3. The lowest BCUT2D eigenvalue weighted by Crippen LogP contribution is -2.36. The van der Waals surface area contributed by atoms with E-state index in [1.165, 1.54) is 18.4 Å². The molecule has 4 aromatic rings. The molecule has 0 saturated carbocycles. The minimum atomic E-state index is -0.191. The summed E-state index contributed by atoms with van der Waals surface area (Å²) in [6.07, 6.45) is 4.02. The Kier molecular flexibility index (Phi) is 7.91. The van der Waals surface area contributed by atoms with Crippen molar-refractivity contribution in [3.05, 3.63) is 99.3 Å². The molecule has 2 N–H and O–H groups in total. The van der Waals surface area contributed by atoms with Gasteiger partial charge in [0.15, 0.2) is 0 Å². The van der Waals surface area contributed by atoms with E-state index in [2.05, 4.69) is 55.5 Å². The largest absolute Gasteiger partial charge is 0.486 e. The predicted octanol–water partition coefficient (Wildman–Crippen LogP) is 4.55. The summed E-state index contributed by atoms with van der Waals surface area (Å²) >= 11 is 5.93. The van der Waals surface area contributed by atoms with Crippen molar-refractivity contribution in [3.8, 4) is 5.75 Å². The van der Waals surface area contributed by atoms with Gasteiger partial charge >= 0.3 is 0 Å². The van der Waals surface area contributed by atoms with Crippen molar-refractivity contribution in [3.63, 3.8) is 0 Å². The maximum atomic E-state index is 12.7. The van der Waals surface area contributed by atoms with Crippen LogP contribution in [0.3, 0.4) is 0 Å². The molecule has 1 aliphatic heterocycles. The Morgan fingerprint density at radius 3 is 2.61 bits per heavy atom. The van der Waals surface area contributed by atoms with Gasteiger partial charge in [0, 0.05) is 24.3 Å². The van der Waals surface area contributed by atoms with Gasteiger partial charge in [0.05, 0.1) is 11.1 Å². The summed E-state index contributed by atoms with van der Waals surface area (Å²) in [6, 6.07) is 19.4. The SMILES string of the molecule is O=c1[nH]c(COc2ccc(Cl)cc2)nc2c(CNCC3CCN(Cc4ccccc4)CC3)nccc12. The van der Waals surface area contributed by atoms with E-state index in [0.717, 1.165) is 31.9 Å². The first kappa shape index (κ1) is 24.4. The monoisotopic (exact) mass is 503 g/mol. The molecule has 1 saturated heterocycles. The third-order valence-corrected chi connectivity index (χ3v) is 6.87. The quantitative estimate of drug-likeness (QED) is 0.348. The number of nitrogens with one attached hydrogen (secondary N) is 2. The van der Waals surface area contributed by atoms with E-state index in [0.29, 0.717) is 40.0 Å². The molecule has 36 heavy (non-hydrogen) atoms. The number of aromatic amines is 1. The lowest BCUT2D eigenvalue weighted by molar-refractivity contribution is 0.175. The fourth-order valence-corrected chi connectivity index (χ4v) is 4.76. The van der Waals surface area contributed by atoms with Gasteiger partial charge in [-0.15, -0.1) is 0 Å². The molecule has 0 radical (unpaired) electrons. The first-order chi connectivity index (χ1) is 17.6. The summed E-state index contributed by atoms with van der Waals surface area (Å²) in [5, 5.41) is 4.73. The van der Waals surface area contributed by atoms with Crippen LogP contribution in [0.2, 0.25) is 5.02 Å². The zero-order chi connectivity index (χ0) is 24.7. The molecule has 0 unspecified atom stereocenters. The van der Waals surface area contributed by atoms with Gasteiger partial charge in [-0.25, -0.2) is 4.98 Å². The van der Waals surface area contributed by atoms with Crippen LogP contribution in [0, 0.1) is 5.92 Å². The van der Waals surface area contributed by atoms with Crippen molar-refractivity contribution < 1.29 is 4.74 Å². The smallest absolute Gasteiger partial charge is 0.258 e. The summed E-state index contributed by atoms with van der Waals surface area (Å²) in [4.78, 5) is 27.2. The second kappa shape index (κ2) is 11.6. The Labute approximate surface area is 215 Å². The zero-order valence-electron chi connectivity index (χ0n) is 20.1. The van der Waals surface area contributed by atoms with Crippen molar-refractivity contribution in [2.24, 2.45) is 5.92 Å². The van der Waals surface area contributed by atoms with Crippen LogP contribution in [0.5, 0.6) is 5.75 Å². The summed E-state index contributed by atoms with van der Waals surface area (Å²) in [6.45, 7) is 4.88. The fraction of sp³-hybridized carbons (Fsp3) is 0.321. The highest BCUT2D eigenvalue weighted by molar-refractivity contribution is 6.30. The lowest BCUT2D eigenvalue weighted by atomic mass is 9.96. The van der Waals surface area contributed by atoms with Crippen molar-refractivity contribution in [1.29, 1.82) is 0 Å². The standard InChI is InChI=1S/C28H30ClN5O2/c29-22-6-8-23(9-7-22)36-19-26-32-27-24(28(35)33-26)10-13-31-25(27)17-30-16-20-11-14-34(15-12-20)18-21-4-2-1-3-5-21/h1-10,13,20,30H,11-12,14-19H2,(H,32,33,35). The number of likely N-dealkylation sites (tertiary alicyclic amines) is 1. The maximum Gasteiger partial charge on any atom is 0.258 e. The number of ether oxygens (including phenoxy) is 1.